The zero-order valence-corrected chi connectivity index (χ0v) is 16.8. The monoisotopic (exact) mass is 433 g/mol. The van der Waals surface area contributed by atoms with Gasteiger partial charge in [-0.15, -0.1) is 11.3 Å². The molecule has 2 aliphatic rings. The van der Waals surface area contributed by atoms with E-state index in [0.29, 0.717) is 12.0 Å². The molecule has 160 valence electrons. The molecule has 7 nitrogen and oxygen atoms in total. The molecule has 0 aromatic carbocycles. The van der Waals surface area contributed by atoms with Gasteiger partial charge in [0.15, 0.2) is 0 Å². The number of hydrogen-bond acceptors (Lipinski definition) is 7. The second kappa shape index (κ2) is 8.80. The number of fused-ring (bicyclic) bond motifs is 1. The van der Waals surface area contributed by atoms with E-state index in [1.165, 1.54) is 0 Å². The molecule has 0 aliphatic carbocycles. The lowest BCUT2D eigenvalue weighted by Gasteiger charge is -2.33. The van der Waals surface area contributed by atoms with Crippen molar-refractivity contribution >= 4 is 17.3 Å². The molecule has 0 saturated carbocycles. The summed E-state index contributed by atoms with van der Waals surface area (Å²) in [6.45, 7) is 7.01. The topological polar surface area (TPSA) is 88.7 Å². The van der Waals surface area contributed by atoms with Crippen molar-refractivity contribution in [2.24, 2.45) is 5.92 Å². The number of piperidine rings is 1. The van der Waals surface area contributed by atoms with Crippen molar-refractivity contribution in [2.75, 3.05) is 13.1 Å². The molecule has 0 amide bonds. The van der Waals surface area contributed by atoms with Crippen LogP contribution in [0.4, 0.5) is 13.2 Å². The Labute approximate surface area is 169 Å². The van der Waals surface area contributed by atoms with Crippen LogP contribution in [0, 0.1) is 19.8 Å². The van der Waals surface area contributed by atoms with Crippen LogP contribution < -0.4 is 0 Å². The minimum atomic E-state index is -5.08. The van der Waals surface area contributed by atoms with Gasteiger partial charge in [-0.2, -0.15) is 13.2 Å². The number of likely N-dealkylation sites (tertiary alicyclic amines) is 1. The number of carbonyl (C=O) groups is 1. The molecule has 4 rings (SSSR count). The Morgan fingerprint density at radius 1 is 1.41 bits per heavy atom. The van der Waals surface area contributed by atoms with E-state index < -0.39 is 12.1 Å². The molecule has 4 heterocycles. The smallest absolute Gasteiger partial charge is 0.475 e. The highest BCUT2D eigenvalue weighted by atomic mass is 32.1. The molecular weight excluding hydrogens is 411 g/mol. The SMILES string of the molecule is Cc1csc([C@H]2C[C@H]3CN(Cc4cc(C)on4)CC[C@@H]3O2)n1.O=C(O)C(F)(F)F. The van der Waals surface area contributed by atoms with Crippen LogP contribution in [-0.4, -0.2) is 51.5 Å². The average Bonchev–Trinajstić information content (AvgIpc) is 3.34. The van der Waals surface area contributed by atoms with Crippen LogP contribution in [-0.2, 0) is 16.1 Å². The fourth-order valence-electron chi connectivity index (χ4n) is 3.58. The number of thiazole rings is 1. The molecule has 0 radical (unpaired) electrons. The Bertz CT molecular complexity index is 838. The lowest BCUT2D eigenvalue weighted by molar-refractivity contribution is -0.192. The summed E-state index contributed by atoms with van der Waals surface area (Å²) < 4.78 is 43.2. The van der Waals surface area contributed by atoms with Crippen molar-refractivity contribution in [3.8, 4) is 0 Å². The second-order valence-corrected chi connectivity index (χ2v) is 8.13. The van der Waals surface area contributed by atoms with Gasteiger partial charge < -0.3 is 14.4 Å². The molecule has 2 aromatic heterocycles. The Morgan fingerprint density at radius 2 is 2.14 bits per heavy atom. The van der Waals surface area contributed by atoms with Crippen molar-refractivity contribution in [2.45, 2.75) is 51.6 Å². The summed E-state index contributed by atoms with van der Waals surface area (Å²) in [7, 11) is 0. The van der Waals surface area contributed by atoms with E-state index in [4.69, 9.17) is 19.2 Å². The molecule has 0 spiro atoms. The fourth-order valence-corrected chi connectivity index (χ4v) is 4.42. The zero-order valence-electron chi connectivity index (χ0n) is 16.0. The Hall–Kier alpha value is -1.98. The number of nitrogens with zero attached hydrogens (tertiary/aromatic N) is 3. The van der Waals surface area contributed by atoms with E-state index in [9.17, 15) is 13.2 Å². The highest BCUT2D eigenvalue weighted by Gasteiger charge is 2.40. The first kappa shape index (κ1) is 21.7. The normalized spacial score (nSPS) is 24.7. The average molecular weight is 433 g/mol. The second-order valence-electron chi connectivity index (χ2n) is 7.24. The Balaban J connectivity index is 0.000000298. The molecule has 1 N–H and O–H groups in total. The number of aromatic nitrogens is 2. The van der Waals surface area contributed by atoms with Gasteiger partial charge in [0.25, 0.3) is 0 Å². The first-order valence-corrected chi connectivity index (χ1v) is 10.0. The van der Waals surface area contributed by atoms with Crippen LogP contribution in [0.15, 0.2) is 16.0 Å². The first-order chi connectivity index (χ1) is 13.6. The number of alkyl halides is 3. The van der Waals surface area contributed by atoms with Gasteiger partial charge in [-0.3, -0.25) is 4.90 Å². The summed E-state index contributed by atoms with van der Waals surface area (Å²) in [4.78, 5) is 16.0. The van der Waals surface area contributed by atoms with Gasteiger partial charge in [0, 0.05) is 42.7 Å². The van der Waals surface area contributed by atoms with Crippen molar-refractivity contribution in [3.05, 3.63) is 33.6 Å². The van der Waals surface area contributed by atoms with Crippen LogP contribution in [0.2, 0.25) is 0 Å². The predicted octanol–water partition coefficient (Wildman–Crippen LogP) is 3.73. The third kappa shape index (κ3) is 5.77. The molecule has 2 fully saturated rings. The minimum absolute atomic E-state index is 0.197. The first-order valence-electron chi connectivity index (χ1n) is 9.14. The molecule has 0 unspecified atom stereocenters. The summed E-state index contributed by atoms with van der Waals surface area (Å²) in [6, 6.07) is 2.03. The van der Waals surface area contributed by atoms with Crippen molar-refractivity contribution in [1.82, 2.24) is 15.0 Å². The Kier molecular flexibility index (Phi) is 6.59. The quantitative estimate of drug-likeness (QED) is 0.789. The third-order valence-corrected chi connectivity index (χ3v) is 5.88. The predicted molar refractivity (Wildman–Crippen MR) is 97.4 cm³/mol. The van der Waals surface area contributed by atoms with E-state index in [0.717, 1.165) is 54.6 Å². The van der Waals surface area contributed by atoms with Crippen molar-refractivity contribution in [3.63, 3.8) is 0 Å². The lowest BCUT2D eigenvalue weighted by atomic mass is 9.93. The van der Waals surface area contributed by atoms with Crippen molar-refractivity contribution < 1.29 is 32.3 Å². The van der Waals surface area contributed by atoms with Crippen LogP contribution in [0.5, 0.6) is 0 Å². The van der Waals surface area contributed by atoms with Gasteiger partial charge in [-0.1, -0.05) is 5.16 Å². The molecule has 29 heavy (non-hydrogen) atoms. The molecule has 3 atom stereocenters. The van der Waals surface area contributed by atoms with Crippen LogP contribution >= 0.6 is 11.3 Å². The van der Waals surface area contributed by atoms with Crippen LogP contribution in [0.1, 0.15) is 41.1 Å². The van der Waals surface area contributed by atoms with E-state index in [1.54, 1.807) is 11.3 Å². The number of aliphatic carboxylic acids is 1. The zero-order chi connectivity index (χ0) is 21.2. The number of carboxylic acid groups (broad SMARTS) is 1. The number of carboxylic acids is 1. The summed E-state index contributed by atoms with van der Waals surface area (Å²) in [6.07, 6.45) is -2.30. The highest BCUT2D eigenvalue weighted by molar-refractivity contribution is 7.09. The maximum Gasteiger partial charge on any atom is 0.490 e. The standard InChI is InChI=1S/C16H21N3O2S.C2HF3O2/c1-10-9-22-16(17-10)15-6-12-7-19(4-3-14(12)20-15)8-13-5-11(2)21-18-13;3-2(4,5)1(6)7/h5,9,12,14-15H,3-4,6-8H2,1-2H3;(H,6,7)/t12-,14-,15+;/m0./s1. The number of aryl methyl sites for hydroxylation is 2. The number of halogens is 3. The maximum absolute atomic E-state index is 10.6. The molecule has 2 aliphatic heterocycles. The molecule has 2 aromatic rings. The van der Waals surface area contributed by atoms with E-state index in [1.807, 2.05) is 19.9 Å². The summed E-state index contributed by atoms with van der Waals surface area (Å²) >= 11 is 1.73. The van der Waals surface area contributed by atoms with E-state index in [2.05, 4.69) is 20.4 Å². The molecule has 11 heteroatoms. The van der Waals surface area contributed by atoms with Gasteiger partial charge in [-0.25, -0.2) is 9.78 Å². The van der Waals surface area contributed by atoms with Gasteiger partial charge in [0.2, 0.25) is 0 Å². The molecule has 2 saturated heterocycles. The lowest BCUT2D eigenvalue weighted by Crippen LogP contribution is -2.40. The summed E-state index contributed by atoms with van der Waals surface area (Å²) in [5, 5.41) is 14.5. The van der Waals surface area contributed by atoms with Gasteiger partial charge in [0.05, 0.1) is 11.8 Å². The van der Waals surface area contributed by atoms with Gasteiger partial charge in [0.1, 0.15) is 16.9 Å². The summed E-state index contributed by atoms with van der Waals surface area (Å²) in [5.41, 5.74) is 2.13. The van der Waals surface area contributed by atoms with Crippen LogP contribution in [0.3, 0.4) is 0 Å². The van der Waals surface area contributed by atoms with Crippen LogP contribution in [0.25, 0.3) is 0 Å². The fraction of sp³-hybridized carbons (Fsp3) is 0.611. The molecule has 0 bridgehead atoms. The molecular formula is C18H22F3N3O4S. The Morgan fingerprint density at radius 3 is 2.69 bits per heavy atom. The largest absolute Gasteiger partial charge is 0.490 e. The van der Waals surface area contributed by atoms with E-state index in [-0.39, 0.29) is 6.10 Å². The maximum atomic E-state index is 10.6. The van der Waals surface area contributed by atoms with Crippen molar-refractivity contribution in [1.29, 1.82) is 0 Å². The minimum Gasteiger partial charge on any atom is -0.475 e. The summed E-state index contributed by atoms with van der Waals surface area (Å²) in [5.74, 6) is -1.27. The van der Waals surface area contributed by atoms with Gasteiger partial charge in [-0.05, 0) is 26.7 Å². The number of ether oxygens (including phenoxy) is 1. The number of rotatable bonds is 3. The highest BCUT2D eigenvalue weighted by Crippen LogP contribution is 2.41. The number of hydrogen-bond donors (Lipinski definition) is 1. The third-order valence-electron chi connectivity index (χ3n) is 4.82. The van der Waals surface area contributed by atoms with E-state index >= 15 is 0 Å². The van der Waals surface area contributed by atoms with Gasteiger partial charge >= 0.3 is 12.1 Å².